The molecule has 5 heteroatoms. The Bertz CT molecular complexity index is 565. The minimum absolute atomic E-state index is 0.0297. The Morgan fingerprint density at radius 3 is 2.75 bits per heavy atom. The maximum atomic E-state index is 13.3. The second-order valence-electron chi connectivity index (χ2n) is 4.29. The summed E-state index contributed by atoms with van der Waals surface area (Å²) in [6, 6.07) is 13.8. The van der Waals surface area contributed by atoms with Crippen molar-refractivity contribution in [3.05, 3.63) is 58.8 Å². The van der Waals surface area contributed by atoms with Crippen LogP contribution in [-0.2, 0) is 0 Å². The van der Waals surface area contributed by atoms with Crippen LogP contribution >= 0.6 is 15.9 Å². The average Bonchev–Trinajstić information content (AvgIpc) is 2.44. The van der Waals surface area contributed by atoms with Gasteiger partial charge in [0.25, 0.3) is 0 Å². The van der Waals surface area contributed by atoms with Crippen LogP contribution in [0.4, 0.5) is 10.1 Å². The van der Waals surface area contributed by atoms with Crippen LogP contribution < -0.4 is 10.1 Å². The Hall–Kier alpha value is -1.59. The van der Waals surface area contributed by atoms with E-state index in [1.807, 2.05) is 24.3 Å². The van der Waals surface area contributed by atoms with Crippen LogP contribution in [0.15, 0.2) is 53.0 Å². The number of halogens is 2. The Morgan fingerprint density at radius 2 is 2.00 bits per heavy atom. The summed E-state index contributed by atoms with van der Waals surface area (Å²) < 4.78 is 19.5. The van der Waals surface area contributed by atoms with Gasteiger partial charge >= 0.3 is 0 Å². The van der Waals surface area contributed by atoms with E-state index in [-0.39, 0.29) is 12.4 Å². The van der Waals surface area contributed by atoms with E-state index in [9.17, 15) is 9.50 Å². The zero-order valence-electron chi connectivity index (χ0n) is 10.7. The number of ether oxygens (including phenoxy) is 1. The average molecular weight is 340 g/mol. The smallest absolute Gasteiger partial charge is 0.165 e. The monoisotopic (exact) mass is 339 g/mol. The van der Waals surface area contributed by atoms with Gasteiger partial charge in [-0.1, -0.05) is 34.1 Å². The number of benzene rings is 2. The predicted octanol–water partition coefficient (Wildman–Crippen LogP) is 3.44. The lowest BCUT2D eigenvalue weighted by molar-refractivity contribution is 0.115. The third-order valence-corrected chi connectivity index (χ3v) is 3.13. The van der Waals surface area contributed by atoms with Crippen LogP contribution in [0.5, 0.6) is 5.75 Å². The summed E-state index contributed by atoms with van der Waals surface area (Å²) in [7, 11) is 0. The molecule has 0 aliphatic heterocycles. The van der Waals surface area contributed by atoms with Gasteiger partial charge in [-0.05, 0) is 30.3 Å². The molecule has 0 aliphatic carbocycles. The summed E-state index contributed by atoms with van der Waals surface area (Å²) >= 11 is 3.37. The van der Waals surface area contributed by atoms with Crippen LogP contribution in [0.2, 0.25) is 0 Å². The van der Waals surface area contributed by atoms with Gasteiger partial charge < -0.3 is 15.2 Å². The number of nitrogens with one attached hydrogen (secondary N) is 1. The third kappa shape index (κ3) is 4.51. The maximum absolute atomic E-state index is 13.3. The van der Waals surface area contributed by atoms with Crippen molar-refractivity contribution >= 4 is 21.6 Å². The summed E-state index contributed by atoms with van der Waals surface area (Å²) in [5.41, 5.74) is 0.893. The fraction of sp³-hybridized carbons (Fsp3) is 0.200. The standard InChI is InChI=1S/C15H15BrFNO2/c16-11-4-3-5-12(8-11)18-9-13(19)10-20-15-7-2-1-6-14(15)17/h1-8,13,18-19H,9-10H2. The molecular formula is C15H15BrFNO2. The molecule has 0 radical (unpaired) electrons. The molecule has 2 aromatic rings. The summed E-state index contributed by atoms with van der Waals surface area (Å²) in [5, 5.41) is 12.9. The quantitative estimate of drug-likeness (QED) is 0.847. The number of aliphatic hydroxyl groups is 1. The first-order chi connectivity index (χ1) is 9.65. The van der Waals surface area contributed by atoms with Crippen LogP contribution in [0.3, 0.4) is 0 Å². The van der Waals surface area contributed by atoms with Gasteiger partial charge in [-0.3, -0.25) is 0 Å². The highest BCUT2D eigenvalue weighted by molar-refractivity contribution is 9.10. The summed E-state index contributed by atoms with van der Waals surface area (Å²) in [4.78, 5) is 0. The zero-order chi connectivity index (χ0) is 14.4. The lowest BCUT2D eigenvalue weighted by Gasteiger charge is -2.14. The minimum atomic E-state index is -0.728. The van der Waals surface area contributed by atoms with E-state index < -0.39 is 11.9 Å². The third-order valence-electron chi connectivity index (χ3n) is 2.63. The maximum Gasteiger partial charge on any atom is 0.165 e. The Kier molecular flexibility index (Phi) is 5.38. The first-order valence-corrected chi connectivity index (χ1v) is 6.99. The number of anilines is 1. The SMILES string of the molecule is OC(CNc1cccc(Br)c1)COc1ccccc1F. The Balaban J connectivity index is 1.78. The summed E-state index contributed by atoms with van der Waals surface area (Å²) in [6.45, 7) is 0.354. The molecule has 1 unspecified atom stereocenters. The van der Waals surface area contributed by atoms with Crippen molar-refractivity contribution in [1.29, 1.82) is 0 Å². The van der Waals surface area contributed by atoms with Gasteiger partial charge in [-0.2, -0.15) is 0 Å². The minimum Gasteiger partial charge on any atom is -0.488 e. The normalized spacial score (nSPS) is 11.9. The largest absolute Gasteiger partial charge is 0.488 e. The molecule has 0 saturated heterocycles. The molecule has 0 saturated carbocycles. The molecule has 20 heavy (non-hydrogen) atoms. The molecule has 0 amide bonds. The second-order valence-corrected chi connectivity index (χ2v) is 5.20. The molecule has 3 nitrogen and oxygen atoms in total. The fourth-order valence-electron chi connectivity index (χ4n) is 1.64. The van der Waals surface area contributed by atoms with Gasteiger partial charge in [0.15, 0.2) is 11.6 Å². The topological polar surface area (TPSA) is 41.5 Å². The molecule has 0 spiro atoms. The van der Waals surface area contributed by atoms with Crippen LogP contribution in [-0.4, -0.2) is 24.4 Å². The number of rotatable bonds is 6. The number of aliphatic hydroxyl groups excluding tert-OH is 1. The highest BCUT2D eigenvalue weighted by Crippen LogP contribution is 2.17. The summed E-state index contributed by atoms with van der Waals surface area (Å²) in [6.07, 6.45) is -0.728. The van der Waals surface area contributed by atoms with Crippen molar-refractivity contribution in [2.45, 2.75) is 6.10 Å². The van der Waals surface area contributed by atoms with Crippen molar-refractivity contribution in [2.75, 3.05) is 18.5 Å². The highest BCUT2D eigenvalue weighted by Gasteiger charge is 2.07. The van der Waals surface area contributed by atoms with Crippen molar-refractivity contribution in [2.24, 2.45) is 0 Å². The van der Waals surface area contributed by atoms with Gasteiger partial charge in [-0.25, -0.2) is 4.39 Å². The van der Waals surface area contributed by atoms with Crippen LogP contribution in [0, 0.1) is 5.82 Å². The van der Waals surface area contributed by atoms with Gasteiger partial charge in [0.1, 0.15) is 12.7 Å². The molecular weight excluding hydrogens is 325 g/mol. The van der Waals surface area contributed by atoms with E-state index in [0.717, 1.165) is 10.2 Å². The van der Waals surface area contributed by atoms with Gasteiger partial charge in [-0.15, -0.1) is 0 Å². The number of hydrogen-bond donors (Lipinski definition) is 2. The van der Waals surface area contributed by atoms with Crippen molar-refractivity contribution in [1.82, 2.24) is 0 Å². The predicted molar refractivity (Wildman–Crippen MR) is 80.5 cm³/mol. The van der Waals surface area contributed by atoms with Crippen molar-refractivity contribution in [3.8, 4) is 5.75 Å². The molecule has 2 aromatic carbocycles. The summed E-state index contributed by atoms with van der Waals surface area (Å²) in [5.74, 6) is -0.284. The molecule has 0 fully saturated rings. The lowest BCUT2D eigenvalue weighted by Crippen LogP contribution is -2.26. The van der Waals surface area contributed by atoms with E-state index in [4.69, 9.17) is 4.74 Å². The van der Waals surface area contributed by atoms with E-state index >= 15 is 0 Å². The molecule has 0 heterocycles. The van der Waals surface area contributed by atoms with Gasteiger partial charge in [0, 0.05) is 16.7 Å². The van der Waals surface area contributed by atoms with E-state index in [0.29, 0.717) is 6.54 Å². The van der Waals surface area contributed by atoms with Gasteiger partial charge in [0.2, 0.25) is 0 Å². The first kappa shape index (κ1) is 14.8. The van der Waals surface area contributed by atoms with Crippen LogP contribution in [0.25, 0.3) is 0 Å². The van der Waals surface area contributed by atoms with Gasteiger partial charge in [0.05, 0.1) is 0 Å². The first-order valence-electron chi connectivity index (χ1n) is 6.20. The molecule has 2 N–H and O–H groups in total. The lowest BCUT2D eigenvalue weighted by atomic mass is 10.3. The number of hydrogen-bond acceptors (Lipinski definition) is 3. The van der Waals surface area contributed by atoms with Crippen molar-refractivity contribution in [3.63, 3.8) is 0 Å². The molecule has 2 rings (SSSR count). The Labute approximate surface area is 125 Å². The van der Waals surface area contributed by atoms with E-state index in [1.54, 1.807) is 12.1 Å². The zero-order valence-corrected chi connectivity index (χ0v) is 12.3. The molecule has 0 aliphatic rings. The van der Waals surface area contributed by atoms with E-state index in [1.165, 1.54) is 12.1 Å². The molecule has 0 aromatic heterocycles. The van der Waals surface area contributed by atoms with Crippen LogP contribution in [0.1, 0.15) is 0 Å². The van der Waals surface area contributed by atoms with E-state index in [2.05, 4.69) is 21.2 Å². The van der Waals surface area contributed by atoms with Crippen molar-refractivity contribution < 1.29 is 14.2 Å². The highest BCUT2D eigenvalue weighted by atomic mass is 79.9. The molecule has 1 atom stereocenters. The Morgan fingerprint density at radius 1 is 1.20 bits per heavy atom. The molecule has 106 valence electrons. The molecule has 0 bridgehead atoms. The fourth-order valence-corrected chi connectivity index (χ4v) is 2.04. The number of para-hydroxylation sites is 1. The second kappa shape index (κ2) is 7.26.